The van der Waals surface area contributed by atoms with Crippen LogP contribution >= 0.6 is 0 Å². The van der Waals surface area contributed by atoms with E-state index < -0.39 is 8.07 Å². The van der Waals surface area contributed by atoms with Gasteiger partial charge in [0.15, 0.2) is 6.79 Å². The molecule has 0 amide bonds. The molecule has 84 valence electrons. The van der Waals surface area contributed by atoms with Crippen LogP contribution in [0.1, 0.15) is 5.56 Å². The van der Waals surface area contributed by atoms with Gasteiger partial charge in [-0.2, -0.15) is 0 Å². The first kappa shape index (κ1) is 12.3. The van der Waals surface area contributed by atoms with E-state index in [-0.39, 0.29) is 0 Å². The Kier molecular flexibility index (Phi) is 3.94. The van der Waals surface area contributed by atoms with Crippen molar-refractivity contribution in [2.75, 3.05) is 13.9 Å². The molecule has 1 aromatic carbocycles. The van der Waals surface area contributed by atoms with Crippen LogP contribution in [-0.4, -0.2) is 22.0 Å². The molecule has 0 heterocycles. The zero-order chi connectivity index (χ0) is 11.5. The van der Waals surface area contributed by atoms with Gasteiger partial charge < -0.3 is 9.47 Å². The lowest BCUT2D eigenvalue weighted by Gasteiger charge is -2.18. The molecular formula is C12H20O2Si. The first-order valence-corrected chi connectivity index (χ1v) is 8.68. The van der Waals surface area contributed by atoms with E-state index in [4.69, 9.17) is 9.47 Å². The molecule has 0 aliphatic rings. The van der Waals surface area contributed by atoms with E-state index in [9.17, 15) is 0 Å². The third kappa shape index (κ3) is 3.36. The summed E-state index contributed by atoms with van der Waals surface area (Å²) in [6.45, 7) is 9.42. The van der Waals surface area contributed by atoms with Crippen molar-refractivity contribution in [1.29, 1.82) is 0 Å². The minimum atomic E-state index is -1.21. The van der Waals surface area contributed by atoms with Crippen molar-refractivity contribution in [3.8, 4) is 5.75 Å². The van der Waals surface area contributed by atoms with Crippen LogP contribution in [0.3, 0.4) is 0 Å². The van der Waals surface area contributed by atoms with Gasteiger partial charge in [0.2, 0.25) is 0 Å². The van der Waals surface area contributed by atoms with Crippen molar-refractivity contribution >= 4 is 13.3 Å². The molecule has 0 atom stereocenters. The van der Waals surface area contributed by atoms with Crippen LogP contribution in [0.2, 0.25) is 19.6 Å². The van der Waals surface area contributed by atoms with Gasteiger partial charge in [-0.05, 0) is 18.6 Å². The smallest absolute Gasteiger partial charge is 0.188 e. The normalized spacial score (nSPS) is 11.5. The van der Waals surface area contributed by atoms with E-state index in [0.717, 1.165) is 5.75 Å². The average Bonchev–Trinajstić information content (AvgIpc) is 2.14. The Bertz CT molecular complexity index is 329. The molecule has 1 aromatic rings. The molecule has 0 spiro atoms. The van der Waals surface area contributed by atoms with E-state index in [1.807, 2.05) is 6.07 Å². The van der Waals surface area contributed by atoms with Gasteiger partial charge >= 0.3 is 0 Å². The number of hydrogen-bond acceptors (Lipinski definition) is 2. The van der Waals surface area contributed by atoms with E-state index >= 15 is 0 Å². The maximum atomic E-state index is 5.45. The van der Waals surface area contributed by atoms with Gasteiger partial charge in [0.05, 0.1) is 8.07 Å². The highest BCUT2D eigenvalue weighted by atomic mass is 28.3. The second-order valence-corrected chi connectivity index (χ2v) is 9.86. The topological polar surface area (TPSA) is 18.5 Å². The summed E-state index contributed by atoms with van der Waals surface area (Å²) >= 11 is 0. The minimum Gasteiger partial charge on any atom is -0.467 e. The van der Waals surface area contributed by atoms with Crippen LogP contribution in [0.5, 0.6) is 5.75 Å². The van der Waals surface area contributed by atoms with Crippen molar-refractivity contribution in [2.45, 2.75) is 26.6 Å². The molecule has 0 aliphatic carbocycles. The van der Waals surface area contributed by atoms with Gasteiger partial charge in [0.25, 0.3) is 0 Å². The standard InChI is InChI=1S/C12H20O2Si/c1-10-8-11(15(3,4)5)6-7-12(10)14-9-13-2/h6-8H,9H2,1-5H3. The summed E-state index contributed by atoms with van der Waals surface area (Å²) in [6, 6.07) is 6.45. The molecule has 0 aliphatic heterocycles. The monoisotopic (exact) mass is 224 g/mol. The molecule has 0 saturated heterocycles. The van der Waals surface area contributed by atoms with Gasteiger partial charge in [-0.25, -0.2) is 0 Å². The van der Waals surface area contributed by atoms with Gasteiger partial charge in [0.1, 0.15) is 5.75 Å². The fraction of sp³-hybridized carbons (Fsp3) is 0.500. The molecule has 0 N–H and O–H groups in total. The molecule has 0 aromatic heterocycles. The zero-order valence-corrected chi connectivity index (χ0v) is 11.3. The molecule has 0 fully saturated rings. The maximum Gasteiger partial charge on any atom is 0.188 e. The highest BCUT2D eigenvalue weighted by Crippen LogP contribution is 2.17. The van der Waals surface area contributed by atoms with Gasteiger partial charge in [-0.1, -0.05) is 37.0 Å². The lowest BCUT2D eigenvalue weighted by molar-refractivity contribution is 0.0506. The largest absolute Gasteiger partial charge is 0.467 e. The summed E-state index contributed by atoms with van der Waals surface area (Å²) in [5, 5.41) is 1.46. The summed E-state index contributed by atoms with van der Waals surface area (Å²) in [7, 11) is 0.425. The van der Waals surface area contributed by atoms with E-state index in [2.05, 4.69) is 38.7 Å². The second kappa shape index (κ2) is 4.81. The molecule has 2 nitrogen and oxygen atoms in total. The Balaban J connectivity index is 2.88. The predicted octanol–water partition coefficient (Wildman–Crippen LogP) is 2.52. The summed E-state index contributed by atoms with van der Waals surface area (Å²) in [5.74, 6) is 0.916. The number of aryl methyl sites for hydroxylation is 1. The van der Waals surface area contributed by atoms with Crippen LogP contribution in [0.4, 0.5) is 0 Å². The van der Waals surface area contributed by atoms with Gasteiger partial charge in [-0.3, -0.25) is 0 Å². The molecular weight excluding hydrogens is 204 g/mol. The Morgan fingerprint density at radius 2 is 1.87 bits per heavy atom. The van der Waals surface area contributed by atoms with Crippen molar-refractivity contribution in [3.05, 3.63) is 23.8 Å². The van der Waals surface area contributed by atoms with Gasteiger partial charge in [0, 0.05) is 7.11 Å². The SMILES string of the molecule is COCOc1ccc([Si](C)(C)C)cc1C. The predicted molar refractivity (Wildman–Crippen MR) is 66.7 cm³/mol. The quantitative estimate of drug-likeness (QED) is 0.578. The Hall–Kier alpha value is -0.803. The maximum absolute atomic E-state index is 5.45. The van der Waals surface area contributed by atoms with Crippen molar-refractivity contribution in [2.24, 2.45) is 0 Å². The molecule has 0 saturated carbocycles. The Morgan fingerprint density at radius 1 is 1.20 bits per heavy atom. The Morgan fingerprint density at radius 3 is 2.33 bits per heavy atom. The van der Waals surface area contributed by atoms with E-state index in [1.54, 1.807) is 7.11 Å². The van der Waals surface area contributed by atoms with Crippen LogP contribution in [0, 0.1) is 6.92 Å². The number of methoxy groups -OCH3 is 1. The molecule has 3 heteroatoms. The van der Waals surface area contributed by atoms with Gasteiger partial charge in [-0.15, -0.1) is 0 Å². The lowest BCUT2D eigenvalue weighted by Crippen LogP contribution is -2.37. The number of hydrogen-bond donors (Lipinski definition) is 0. The zero-order valence-electron chi connectivity index (χ0n) is 10.3. The van der Waals surface area contributed by atoms with Crippen LogP contribution in [0.25, 0.3) is 0 Å². The van der Waals surface area contributed by atoms with Crippen LogP contribution in [0.15, 0.2) is 18.2 Å². The van der Waals surface area contributed by atoms with Crippen LogP contribution < -0.4 is 9.92 Å². The average molecular weight is 224 g/mol. The fourth-order valence-electron chi connectivity index (χ4n) is 1.40. The van der Waals surface area contributed by atoms with Crippen molar-refractivity contribution in [1.82, 2.24) is 0 Å². The summed E-state index contributed by atoms with van der Waals surface area (Å²) in [6.07, 6.45) is 0. The fourth-order valence-corrected chi connectivity index (χ4v) is 2.63. The molecule has 0 radical (unpaired) electrons. The number of benzene rings is 1. The molecule has 0 unspecified atom stereocenters. The van der Waals surface area contributed by atoms with Crippen molar-refractivity contribution < 1.29 is 9.47 Å². The Labute approximate surface area is 93.2 Å². The second-order valence-electron chi connectivity index (χ2n) is 4.78. The summed E-state index contributed by atoms with van der Waals surface area (Å²) in [5.41, 5.74) is 1.19. The van der Waals surface area contributed by atoms with E-state index in [0.29, 0.717) is 6.79 Å². The first-order valence-electron chi connectivity index (χ1n) is 5.18. The third-order valence-corrected chi connectivity index (χ3v) is 4.42. The third-order valence-electron chi connectivity index (χ3n) is 2.37. The van der Waals surface area contributed by atoms with E-state index in [1.165, 1.54) is 10.8 Å². The highest BCUT2D eigenvalue weighted by molar-refractivity contribution is 6.88. The molecule has 15 heavy (non-hydrogen) atoms. The summed E-state index contributed by atoms with van der Waals surface area (Å²) in [4.78, 5) is 0. The minimum absolute atomic E-state index is 0.313. The van der Waals surface area contributed by atoms with Crippen molar-refractivity contribution in [3.63, 3.8) is 0 Å². The summed E-state index contributed by atoms with van der Waals surface area (Å²) < 4.78 is 10.3. The number of rotatable bonds is 4. The lowest BCUT2D eigenvalue weighted by atomic mass is 10.2. The molecule has 0 bridgehead atoms. The first-order chi connectivity index (χ1) is 6.95. The highest BCUT2D eigenvalue weighted by Gasteiger charge is 2.16. The number of ether oxygens (including phenoxy) is 2. The van der Waals surface area contributed by atoms with Crippen LogP contribution in [-0.2, 0) is 4.74 Å². The molecule has 1 rings (SSSR count).